The molecule has 0 radical (unpaired) electrons. The summed E-state index contributed by atoms with van der Waals surface area (Å²) >= 11 is 1.73. The van der Waals surface area contributed by atoms with E-state index in [1.54, 1.807) is 18.9 Å². The molecule has 0 aliphatic rings. The number of carbonyl (C=O) groups is 1. The van der Waals surface area contributed by atoms with Crippen molar-refractivity contribution >= 4 is 23.6 Å². The van der Waals surface area contributed by atoms with Gasteiger partial charge in [-0.25, -0.2) is 4.99 Å². The highest BCUT2D eigenvalue weighted by atomic mass is 32.2. The number of rotatable bonds is 9. The van der Waals surface area contributed by atoms with Crippen LogP contribution in [0.1, 0.15) is 18.1 Å². The molecule has 0 fully saturated rings. The van der Waals surface area contributed by atoms with Gasteiger partial charge in [0.05, 0.1) is 7.11 Å². The summed E-state index contributed by atoms with van der Waals surface area (Å²) in [6.45, 7) is 4.01. The number of guanidine groups is 1. The minimum atomic E-state index is -0.117. The van der Waals surface area contributed by atoms with Gasteiger partial charge >= 0.3 is 0 Å². The number of carbonyl (C=O) groups excluding carboxylic acids is 1. The molecule has 0 aromatic heterocycles. The normalized spacial score (nSPS) is 11.1. The number of nitrogens with zero attached hydrogens (tertiary/aromatic N) is 2. The van der Waals surface area contributed by atoms with Crippen LogP contribution >= 0.6 is 11.8 Å². The number of nitrogens with one attached hydrogen (secondary N) is 2. The summed E-state index contributed by atoms with van der Waals surface area (Å²) in [6.07, 6.45) is 2.07. The van der Waals surface area contributed by atoms with Crippen molar-refractivity contribution in [3.05, 3.63) is 59.7 Å². The average Bonchev–Trinajstić information content (AvgIpc) is 2.76. The fraction of sp³-hybridized carbons (Fsp3) is 0.364. The summed E-state index contributed by atoms with van der Waals surface area (Å²) in [5, 5.41) is 6.14. The van der Waals surface area contributed by atoms with Gasteiger partial charge in [0.2, 0.25) is 5.91 Å². The van der Waals surface area contributed by atoms with Gasteiger partial charge in [0.1, 0.15) is 12.3 Å². The Morgan fingerprint density at radius 1 is 1.07 bits per heavy atom. The van der Waals surface area contributed by atoms with Crippen molar-refractivity contribution in [2.24, 2.45) is 4.99 Å². The molecule has 0 unspecified atom stereocenters. The minimum Gasteiger partial charge on any atom is -0.497 e. The molecule has 2 aromatic rings. The highest BCUT2D eigenvalue weighted by molar-refractivity contribution is 7.98. The Morgan fingerprint density at radius 3 is 2.31 bits per heavy atom. The lowest BCUT2D eigenvalue weighted by atomic mass is 10.2. The maximum atomic E-state index is 12.2. The molecular formula is C22H30N4O2S. The first-order chi connectivity index (χ1) is 14.0. The van der Waals surface area contributed by atoms with Gasteiger partial charge in [-0.1, -0.05) is 24.3 Å². The topological polar surface area (TPSA) is 66.0 Å². The second-order valence-corrected chi connectivity index (χ2v) is 7.38. The van der Waals surface area contributed by atoms with Crippen LogP contribution in [0.2, 0.25) is 0 Å². The van der Waals surface area contributed by atoms with Crippen LogP contribution in [0, 0.1) is 0 Å². The highest BCUT2D eigenvalue weighted by Gasteiger charge is 2.08. The van der Waals surface area contributed by atoms with Gasteiger partial charge in [-0.3, -0.25) is 4.79 Å². The summed E-state index contributed by atoms with van der Waals surface area (Å²) in [4.78, 5) is 19.9. The Hall–Kier alpha value is -2.67. The molecule has 0 spiro atoms. The van der Waals surface area contributed by atoms with Crippen LogP contribution < -0.4 is 15.4 Å². The second kappa shape index (κ2) is 12.0. The Morgan fingerprint density at radius 2 is 1.72 bits per heavy atom. The van der Waals surface area contributed by atoms with Crippen LogP contribution in [0.15, 0.2) is 58.4 Å². The van der Waals surface area contributed by atoms with Gasteiger partial charge in [0.25, 0.3) is 0 Å². The fourth-order valence-corrected chi connectivity index (χ4v) is 3.10. The Balaban J connectivity index is 1.89. The number of aliphatic imine (C=N–C) groups is 1. The largest absolute Gasteiger partial charge is 0.497 e. The van der Waals surface area contributed by atoms with Gasteiger partial charge in [-0.05, 0) is 48.6 Å². The van der Waals surface area contributed by atoms with Gasteiger partial charge in [-0.2, -0.15) is 0 Å². The van der Waals surface area contributed by atoms with Crippen molar-refractivity contribution in [2.45, 2.75) is 24.9 Å². The van der Waals surface area contributed by atoms with Crippen molar-refractivity contribution in [3.63, 3.8) is 0 Å². The number of ether oxygens (including phenoxy) is 1. The molecule has 156 valence electrons. The number of amides is 1. The minimum absolute atomic E-state index is 0.0776. The summed E-state index contributed by atoms with van der Waals surface area (Å²) in [6, 6.07) is 16.1. The number of hydrogen-bond donors (Lipinski definition) is 2. The monoisotopic (exact) mass is 414 g/mol. The zero-order valence-electron chi connectivity index (χ0n) is 17.6. The molecule has 0 bridgehead atoms. The van der Waals surface area contributed by atoms with E-state index in [2.05, 4.69) is 46.1 Å². The number of hydrogen-bond acceptors (Lipinski definition) is 4. The molecule has 2 rings (SSSR count). The number of methoxy groups -OCH3 is 1. The van der Waals surface area contributed by atoms with Crippen LogP contribution in [0.3, 0.4) is 0 Å². The summed E-state index contributed by atoms with van der Waals surface area (Å²) < 4.78 is 5.14. The maximum Gasteiger partial charge on any atom is 0.242 e. The first-order valence-electron chi connectivity index (χ1n) is 9.57. The third-order valence-electron chi connectivity index (χ3n) is 4.30. The highest BCUT2D eigenvalue weighted by Crippen LogP contribution is 2.15. The van der Waals surface area contributed by atoms with Crippen LogP contribution in [0.25, 0.3) is 0 Å². The summed E-state index contributed by atoms with van der Waals surface area (Å²) in [5.74, 6) is 1.39. The van der Waals surface area contributed by atoms with Crippen molar-refractivity contribution in [1.29, 1.82) is 0 Å². The predicted molar refractivity (Wildman–Crippen MR) is 121 cm³/mol. The molecule has 0 atom stereocenters. The zero-order valence-corrected chi connectivity index (χ0v) is 18.4. The Labute approximate surface area is 177 Å². The molecule has 2 aromatic carbocycles. The van der Waals surface area contributed by atoms with Crippen LogP contribution in [0.5, 0.6) is 5.75 Å². The zero-order chi connectivity index (χ0) is 21.1. The van der Waals surface area contributed by atoms with Crippen LogP contribution in [0.4, 0.5) is 0 Å². The fourth-order valence-electron chi connectivity index (χ4n) is 2.70. The molecule has 29 heavy (non-hydrogen) atoms. The van der Waals surface area contributed by atoms with Crippen LogP contribution in [-0.4, -0.2) is 50.3 Å². The maximum absolute atomic E-state index is 12.2. The molecule has 0 heterocycles. The summed E-state index contributed by atoms with van der Waals surface area (Å²) in [5.41, 5.74) is 2.21. The molecule has 0 saturated heterocycles. The molecule has 1 amide bonds. The smallest absolute Gasteiger partial charge is 0.242 e. The van der Waals surface area contributed by atoms with E-state index in [0.29, 0.717) is 19.0 Å². The van der Waals surface area contributed by atoms with E-state index in [1.165, 1.54) is 10.5 Å². The molecular weight excluding hydrogens is 384 g/mol. The van der Waals surface area contributed by atoms with E-state index in [9.17, 15) is 4.79 Å². The first-order valence-corrected chi connectivity index (χ1v) is 10.8. The van der Waals surface area contributed by atoms with Gasteiger partial charge < -0.3 is 20.3 Å². The van der Waals surface area contributed by atoms with E-state index < -0.39 is 0 Å². The third kappa shape index (κ3) is 7.69. The molecule has 0 saturated carbocycles. The lowest BCUT2D eigenvalue weighted by molar-refractivity contribution is -0.119. The molecule has 7 heteroatoms. The Kier molecular flexibility index (Phi) is 9.37. The van der Waals surface area contributed by atoms with E-state index >= 15 is 0 Å². The van der Waals surface area contributed by atoms with Crippen LogP contribution in [-0.2, 0) is 17.9 Å². The SMILES string of the molecule is CCNC(=NCC(=O)NCc1ccc(OC)cc1)N(C)Cc1ccc(SC)cc1. The van der Waals surface area contributed by atoms with Crippen molar-refractivity contribution in [3.8, 4) is 5.75 Å². The molecule has 0 aliphatic heterocycles. The molecule has 0 aliphatic carbocycles. The van der Waals surface area contributed by atoms with Crippen molar-refractivity contribution in [1.82, 2.24) is 15.5 Å². The number of benzene rings is 2. The van der Waals surface area contributed by atoms with E-state index in [4.69, 9.17) is 4.74 Å². The van der Waals surface area contributed by atoms with Gasteiger partial charge in [0, 0.05) is 31.6 Å². The standard InChI is InChI=1S/C22H30N4O2S/c1-5-23-22(26(2)16-18-8-12-20(29-4)13-9-18)25-15-21(27)24-14-17-6-10-19(28-3)11-7-17/h6-13H,5,14-16H2,1-4H3,(H,23,25)(H,24,27). The average molecular weight is 415 g/mol. The molecule has 2 N–H and O–H groups in total. The lowest BCUT2D eigenvalue weighted by Gasteiger charge is -2.22. The second-order valence-electron chi connectivity index (χ2n) is 6.50. The first kappa shape index (κ1) is 22.6. The van der Waals surface area contributed by atoms with Crippen molar-refractivity contribution in [2.75, 3.05) is 33.5 Å². The lowest BCUT2D eigenvalue weighted by Crippen LogP contribution is -2.39. The van der Waals surface area contributed by atoms with Crippen molar-refractivity contribution < 1.29 is 9.53 Å². The quantitative estimate of drug-likeness (QED) is 0.375. The predicted octanol–water partition coefficient (Wildman–Crippen LogP) is 3.13. The van der Waals surface area contributed by atoms with E-state index in [0.717, 1.165) is 17.9 Å². The number of thioether (sulfide) groups is 1. The Bertz CT molecular complexity index is 791. The summed E-state index contributed by atoms with van der Waals surface area (Å²) in [7, 11) is 3.60. The molecule has 6 nitrogen and oxygen atoms in total. The van der Waals surface area contributed by atoms with Gasteiger partial charge in [-0.15, -0.1) is 11.8 Å². The third-order valence-corrected chi connectivity index (χ3v) is 5.04. The van der Waals surface area contributed by atoms with E-state index in [-0.39, 0.29) is 12.5 Å². The van der Waals surface area contributed by atoms with E-state index in [1.807, 2.05) is 43.1 Å². The van der Waals surface area contributed by atoms with Gasteiger partial charge in [0.15, 0.2) is 5.96 Å².